The van der Waals surface area contributed by atoms with E-state index in [4.69, 9.17) is 11.0 Å². The maximum absolute atomic E-state index is 8.19. The van der Waals surface area contributed by atoms with Crippen molar-refractivity contribution in [1.29, 1.82) is 5.26 Å². The first-order chi connectivity index (χ1) is 5.22. The summed E-state index contributed by atoms with van der Waals surface area (Å²) in [5.74, 6) is 0.491. The van der Waals surface area contributed by atoms with Crippen molar-refractivity contribution in [3.63, 3.8) is 0 Å². The normalized spacial score (nSPS) is 8.73. The van der Waals surface area contributed by atoms with Crippen LogP contribution in [-0.2, 0) is 0 Å². The van der Waals surface area contributed by atoms with Crippen LogP contribution >= 0.6 is 0 Å². The van der Waals surface area contributed by atoms with Crippen LogP contribution in [0, 0.1) is 18.4 Å². The number of nitrogens with two attached hydrogens (primary N) is 1. The van der Waals surface area contributed by atoms with Gasteiger partial charge in [-0.1, -0.05) is 0 Å². The maximum atomic E-state index is 8.19. The highest BCUT2D eigenvalue weighted by Gasteiger charge is 1.95. The summed E-state index contributed by atoms with van der Waals surface area (Å²) >= 11 is 0. The molecule has 0 atom stereocenters. The third-order valence-corrected chi connectivity index (χ3v) is 1.24. The lowest BCUT2D eigenvalue weighted by Crippen LogP contribution is -1.88. The molecule has 0 radical (unpaired) electrons. The molecule has 0 saturated carbocycles. The van der Waals surface area contributed by atoms with Gasteiger partial charge in [0.05, 0.1) is 0 Å². The summed E-state index contributed by atoms with van der Waals surface area (Å²) in [6, 6.07) is 5.17. The van der Waals surface area contributed by atoms with Crippen molar-refractivity contribution >= 4 is 5.69 Å². The van der Waals surface area contributed by atoms with Gasteiger partial charge in [-0.15, -0.1) is 5.26 Å². The lowest BCUT2D eigenvalue weighted by atomic mass is 10.2. The molecule has 0 fully saturated rings. The number of nitrogen functional groups attached to an aromatic ring is 1. The molecule has 0 aliphatic rings. The molecule has 0 aliphatic heterocycles. The van der Waals surface area contributed by atoms with E-state index in [1.807, 2.05) is 13.0 Å². The molecular formula is C8H8N2O. The maximum Gasteiger partial charge on any atom is 0.292 e. The zero-order valence-corrected chi connectivity index (χ0v) is 6.16. The predicted octanol–water partition coefficient (Wildman–Crippen LogP) is 1.44. The number of rotatable bonds is 1. The van der Waals surface area contributed by atoms with Gasteiger partial charge in [0, 0.05) is 11.8 Å². The summed E-state index contributed by atoms with van der Waals surface area (Å²) in [4.78, 5) is 0. The summed E-state index contributed by atoms with van der Waals surface area (Å²) in [6.45, 7) is 1.89. The number of nitrogens with zero attached hydrogens (tertiary/aromatic N) is 1. The smallest absolute Gasteiger partial charge is 0.292 e. The van der Waals surface area contributed by atoms with E-state index in [0.29, 0.717) is 11.4 Å². The zero-order chi connectivity index (χ0) is 8.27. The summed E-state index contributed by atoms with van der Waals surface area (Å²) in [5, 5.41) is 8.19. The number of hydrogen-bond donors (Lipinski definition) is 1. The second-order valence-electron chi connectivity index (χ2n) is 2.27. The lowest BCUT2D eigenvalue weighted by molar-refractivity contribution is 0.507. The van der Waals surface area contributed by atoms with E-state index in [1.54, 1.807) is 18.4 Å². The summed E-state index contributed by atoms with van der Waals surface area (Å²) in [6.07, 6.45) is 1.58. The molecule has 0 aromatic heterocycles. The van der Waals surface area contributed by atoms with Crippen molar-refractivity contribution in [2.24, 2.45) is 0 Å². The van der Waals surface area contributed by atoms with Crippen LogP contribution in [-0.4, -0.2) is 0 Å². The molecule has 0 saturated heterocycles. The molecule has 0 aliphatic carbocycles. The third kappa shape index (κ3) is 1.87. The summed E-state index contributed by atoms with van der Waals surface area (Å²) in [5.41, 5.74) is 7.09. The van der Waals surface area contributed by atoms with Gasteiger partial charge < -0.3 is 10.5 Å². The SMILES string of the molecule is Cc1cc(N)cc(OC#N)c1. The second kappa shape index (κ2) is 2.93. The first-order valence-corrected chi connectivity index (χ1v) is 3.15. The quantitative estimate of drug-likeness (QED) is 0.484. The number of nitriles is 1. The Hall–Kier alpha value is -1.69. The van der Waals surface area contributed by atoms with Crippen LogP contribution in [0.4, 0.5) is 5.69 Å². The molecular weight excluding hydrogens is 140 g/mol. The molecule has 0 unspecified atom stereocenters. The van der Waals surface area contributed by atoms with E-state index < -0.39 is 0 Å². The number of benzene rings is 1. The van der Waals surface area contributed by atoms with Crippen molar-refractivity contribution < 1.29 is 4.74 Å². The fourth-order valence-electron chi connectivity index (χ4n) is 0.888. The van der Waals surface area contributed by atoms with Gasteiger partial charge in [-0.05, 0) is 24.6 Å². The standard InChI is InChI=1S/C8H8N2O/c1-6-2-7(10)4-8(3-6)11-5-9/h2-4H,10H2,1H3. The highest BCUT2D eigenvalue weighted by atomic mass is 16.5. The van der Waals surface area contributed by atoms with Gasteiger partial charge in [0.2, 0.25) is 0 Å². The van der Waals surface area contributed by atoms with Crippen LogP contribution in [0.25, 0.3) is 0 Å². The average Bonchev–Trinajstić information content (AvgIpc) is 1.85. The van der Waals surface area contributed by atoms with Gasteiger partial charge in [-0.25, -0.2) is 0 Å². The summed E-state index contributed by atoms with van der Waals surface area (Å²) < 4.78 is 4.59. The van der Waals surface area contributed by atoms with Crippen LogP contribution in [0.15, 0.2) is 18.2 Å². The molecule has 2 N–H and O–H groups in total. The van der Waals surface area contributed by atoms with Gasteiger partial charge in [0.25, 0.3) is 6.26 Å². The van der Waals surface area contributed by atoms with E-state index in [9.17, 15) is 0 Å². The van der Waals surface area contributed by atoms with Crippen LogP contribution in [0.5, 0.6) is 5.75 Å². The van der Waals surface area contributed by atoms with Crippen LogP contribution in [0.3, 0.4) is 0 Å². The van der Waals surface area contributed by atoms with Gasteiger partial charge in [0.1, 0.15) is 5.75 Å². The van der Waals surface area contributed by atoms with Crippen molar-refractivity contribution in [2.75, 3.05) is 5.73 Å². The molecule has 3 heteroatoms. The molecule has 56 valence electrons. The largest absolute Gasteiger partial charge is 0.399 e. The van der Waals surface area contributed by atoms with Crippen LogP contribution < -0.4 is 10.5 Å². The molecule has 0 spiro atoms. The number of aryl methyl sites for hydroxylation is 1. The van der Waals surface area contributed by atoms with Crippen molar-refractivity contribution in [3.05, 3.63) is 23.8 Å². The molecule has 0 amide bonds. The van der Waals surface area contributed by atoms with Crippen molar-refractivity contribution in [3.8, 4) is 12.0 Å². The Morgan fingerprint density at radius 3 is 2.73 bits per heavy atom. The first-order valence-electron chi connectivity index (χ1n) is 3.15. The minimum Gasteiger partial charge on any atom is -0.399 e. The van der Waals surface area contributed by atoms with Gasteiger partial charge >= 0.3 is 0 Å². The minimum absolute atomic E-state index is 0.491. The second-order valence-corrected chi connectivity index (χ2v) is 2.27. The fourth-order valence-corrected chi connectivity index (χ4v) is 0.888. The monoisotopic (exact) mass is 148 g/mol. The summed E-state index contributed by atoms with van der Waals surface area (Å²) in [7, 11) is 0. The Labute approximate surface area is 65.0 Å². The first kappa shape index (κ1) is 7.42. The Morgan fingerprint density at radius 2 is 2.18 bits per heavy atom. The molecule has 0 bridgehead atoms. The van der Waals surface area contributed by atoms with E-state index in [-0.39, 0.29) is 0 Å². The molecule has 0 heterocycles. The topological polar surface area (TPSA) is 59.0 Å². The predicted molar refractivity (Wildman–Crippen MR) is 41.8 cm³/mol. The molecule has 3 nitrogen and oxygen atoms in total. The average molecular weight is 148 g/mol. The van der Waals surface area contributed by atoms with Gasteiger partial charge in [-0.2, -0.15) is 0 Å². The van der Waals surface area contributed by atoms with E-state index in [2.05, 4.69) is 4.74 Å². The highest BCUT2D eigenvalue weighted by molar-refractivity contribution is 5.47. The van der Waals surface area contributed by atoms with Gasteiger partial charge in [-0.3, -0.25) is 0 Å². The molecule has 1 aromatic carbocycles. The Morgan fingerprint density at radius 1 is 1.45 bits per heavy atom. The number of ether oxygens (including phenoxy) is 1. The van der Waals surface area contributed by atoms with E-state index in [1.165, 1.54) is 0 Å². The molecule has 11 heavy (non-hydrogen) atoms. The van der Waals surface area contributed by atoms with Crippen molar-refractivity contribution in [1.82, 2.24) is 0 Å². The Bertz CT molecular complexity index is 281. The minimum atomic E-state index is 0.491. The van der Waals surface area contributed by atoms with Crippen LogP contribution in [0.1, 0.15) is 5.56 Å². The van der Waals surface area contributed by atoms with Gasteiger partial charge in [0.15, 0.2) is 0 Å². The third-order valence-electron chi connectivity index (χ3n) is 1.24. The molecule has 1 aromatic rings. The number of anilines is 1. The Balaban J connectivity index is 3.01. The Kier molecular flexibility index (Phi) is 1.98. The van der Waals surface area contributed by atoms with Crippen molar-refractivity contribution in [2.45, 2.75) is 6.92 Å². The highest BCUT2D eigenvalue weighted by Crippen LogP contribution is 2.17. The fraction of sp³-hybridized carbons (Fsp3) is 0.125. The lowest BCUT2D eigenvalue weighted by Gasteiger charge is -1.99. The van der Waals surface area contributed by atoms with E-state index in [0.717, 1.165) is 5.56 Å². The van der Waals surface area contributed by atoms with Crippen LogP contribution in [0.2, 0.25) is 0 Å². The molecule has 1 rings (SSSR count). The zero-order valence-electron chi connectivity index (χ0n) is 6.16. The van der Waals surface area contributed by atoms with E-state index >= 15 is 0 Å². The number of hydrogen-bond acceptors (Lipinski definition) is 3.